The molecule has 2 rings (SSSR count). The summed E-state index contributed by atoms with van der Waals surface area (Å²) >= 11 is 0. The van der Waals surface area contributed by atoms with Gasteiger partial charge in [0.15, 0.2) is 0 Å². The van der Waals surface area contributed by atoms with Crippen LogP contribution in [0.1, 0.15) is 18.1 Å². The van der Waals surface area contributed by atoms with E-state index in [1.54, 1.807) is 0 Å². The highest BCUT2D eigenvalue weighted by atomic mass is 16.5. The molecule has 1 aliphatic heterocycles. The van der Waals surface area contributed by atoms with Crippen molar-refractivity contribution >= 4 is 5.91 Å². The maximum atomic E-state index is 11.5. The van der Waals surface area contributed by atoms with Crippen LogP contribution in [-0.2, 0) is 22.6 Å². The molecule has 1 amide bonds. The molecule has 0 spiro atoms. The van der Waals surface area contributed by atoms with Crippen molar-refractivity contribution in [2.75, 3.05) is 39.4 Å². The summed E-state index contributed by atoms with van der Waals surface area (Å²) in [6.07, 6.45) is 0. The largest absolute Gasteiger partial charge is 0.379 e. The second-order valence-electron chi connectivity index (χ2n) is 5.26. The number of morpholine rings is 1. The zero-order valence-corrected chi connectivity index (χ0v) is 12.7. The molecular formula is C16H25N3O2. The van der Waals surface area contributed by atoms with E-state index in [1.165, 1.54) is 5.56 Å². The van der Waals surface area contributed by atoms with Gasteiger partial charge in [0.05, 0.1) is 19.8 Å². The van der Waals surface area contributed by atoms with Crippen LogP contribution in [0, 0.1) is 0 Å². The monoisotopic (exact) mass is 291 g/mol. The third-order valence-electron chi connectivity index (χ3n) is 3.56. The van der Waals surface area contributed by atoms with Gasteiger partial charge in [0.25, 0.3) is 0 Å². The van der Waals surface area contributed by atoms with Crippen molar-refractivity contribution in [2.24, 2.45) is 0 Å². The van der Waals surface area contributed by atoms with E-state index < -0.39 is 0 Å². The van der Waals surface area contributed by atoms with Crippen LogP contribution in [-0.4, -0.2) is 50.2 Å². The van der Waals surface area contributed by atoms with Gasteiger partial charge in [-0.05, 0) is 17.7 Å². The molecule has 1 heterocycles. The molecule has 1 aromatic rings. The van der Waals surface area contributed by atoms with Crippen molar-refractivity contribution in [2.45, 2.75) is 20.0 Å². The maximum Gasteiger partial charge on any atom is 0.234 e. The summed E-state index contributed by atoms with van der Waals surface area (Å²) in [5, 5.41) is 5.92. The first-order valence-corrected chi connectivity index (χ1v) is 7.63. The fraction of sp³-hybridized carbons (Fsp3) is 0.562. The number of hydrogen-bond donors (Lipinski definition) is 2. The summed E-state index contributed by atoms with van der Waals surface area (Å²) in [4.78, 5) is 13.9. The van der Waals surface area contributed by atoms with Crippen molar-refractivity contribution in [3.63, 3.8) is 0 Å². The Bertz CT molecular complexity index is 428. The quantitative estimate of drug-likeness (QED) is 0.778. The molecule has 116 valence electrons. The second-order valence-corrected chi connectivity index (χ2v) is 5.26. The van der Waals surface area contributed by atoms with Crippen LogP contribution in [0.2, 0.25) is 0 Å². The molecule has 1 aromatic carbocycles. The third kappa shape index (κ3) is 5.83. The van der Waals surface area contributed by atoms with Crippen LogP contribution >= 0.6 is 0 Å². The number of nitrogens with zero attached hydrogens (tertiary/aromatic N) is 1. The van der Waals surface area contributed by atoms with Crippen LogP contribution in [0.5, 0.6) is 0 Å². The standard InChI is InChI=1S/C16H25N3O2/c1-2-17-12-16(20)18-11-14-3-5-15(6-4-14)13-19-7-9-21-10-8-19/h3-6,17H,2,7-13H2,1H3,(H,18,20). The smallest absolute Gasteiger partial charge is 0.234 e. The predicted octanol–water partition coefficient (Wildman–Crippen LogP) is 0.745. The Hall–Kier alpha value is -1.43. The number of carbonyl (C=O) groups excluding carboxylic acids is 1. The molecule has 1 fully saturated rings. The first-order valence-electron chi connectivity index (χ1n) is 7.63. The van der Waals surface area contributed by atoms with Crippen LogP contribution < -0.4 is 10.6 Å². The molecule has 1 aliphatic rings. The van der Waals surface area contributed by atoms with Crippen molar-refractivity contribution in [1.82, 2.24) is 15.5 Å². The van der Waals surface area contributed by atoms with Gasteiger partial charge in [-0.3, -0.25) is 9.69 Å². The molecule has 1 saturated heterocycles. The van der Waals surface area contributed by atoms with E-state index in [0.29, 0.717) is 13.1 Å². The van der Waals surface area contributed by atoms with E-state index in [-0.39, 0.29) is 5.91 Å². The third-order valence-corrected chi connectivity index (χ3v) is 3.56. The van der Waals surface area contributed by atoms with Gasteiger partial charge < -0.3 is 15.4 Å². The minimum Gasteiger partial charge on any atom is -0.379 e. The van der Waals surface area contributed by atoms with Crippen LogP contribution in [0.3, 0.4) is 0 Å². The lowest BCUT2D eigenvalue weighted by atomic mass is 10.1. The van der Waals surface area contributed by atoms with E-state index >= 15 is 0 Å². The summed E-state index contributed by atoms with van der Waals surface area (Å²) < 4.78 is 5.35. The Morgan fingerprint density at radius 2 is 1.86 bits per heavy atom. The average molecular weight is 291 g/mol. The lowest BCUT2D eigenvalue weighted by Gasteiger charge is -2.26. The molecule has 5 heteroatoms. The highest BCUT2D eigenvalue weighted by molar-refractivity contribution is 5.77. The number of likely N-dealkylation sites (N-methyl/N-ethyl adjacent to an activating group) is 1. The van der Waals surface area contributed by atoms with Gasteiger partial charge in [0.2, 0.25) is 5.91 Å². The van der Waals surface area contributed by atoms with Crippen LogP contribution in [0.25, 0.3) is 0 Å². The molecule has 0 radical (unpaired) electrons. The number of benzene rings is 1. The molecule has 2 N–H and O–H groups in total. The SMILES string of the molecule is CCNCC(=O)NCc1ccc(CN2CCOCC2)cc1. The van der Waals surface area contributed by atoms with Crippen molar-refractivity contribution in [3.05, 3.63) is 35.4 Å². The fourth-order valence-corrected chi connectivity index (χ4v) is 2.28. The van der Waals surface area contributed by atoms with Gasteiger partial charge in [0, 0.05) is 26.2 Å². The molecule has 0 saturated carbocycles. The fourth-order valence-electron chi connectivity index (χ4n) is 2.28. The Labute approximate surface area is 126 Å². The van der Waals surface area contributed by atoms with E-state index in [0.717, 1.165) is 45.0 Å². The number of rotatable bonds is 7. The van der Waals surface area contributed by atoms with Crippen LogP contribution in [0.4, 0.5) is 0 Å². The van der Waals surface area contributed by atoms with Crippen molar-refractivity contribution in [3.8, 4) is 0 Å². The Kier molecular flexibility index (Phi) is 6.66. The molecule has 21 heavy (non-hydrogen) atoms. The molecule has 0 bridgehead atoms. The normalized spacial score (nSPS) is 15.9. The van der Waals surface area contributed by atoms with Gasteiger partial charge in [-0.25, -0.2) is 0 Å². The van der Waals surface area contributed by atoms with Crippen molar-refractivity contribution in [1.29, 1.82) is 0 Å². The first-order chi connectivity index (χ1) is 10.3. The van der Waals surface area contributed by atoms with Gasteiger partial charge in [-0.2, -0.15) is 0 Å². The lowest BCUT2D eigenvalue weighted by Crippen LogP contribution is -2.35. The molecular weight excluding hydrogens is 266 g/mol. The Morgan fingerprint density at radius 3 is 2.52 bits per heavy atom. The lowest BCUT2D eigenvalue weighted by molar-refractivity contribution is -0.120. The molecule has 0 aliphatic carbocycles. The number of hydrogen-bond acceptors (Lipinski definition) is 4. The topological polar surface area (TPSA) is 53.6 Å². The highest BCUT2D eigenvalue weighted by Crippen LogP contribution is 2.09. The highest BCUT2D eigenvalue weighted by Gasteiger charge is 2.10. The van der Waals surface area contributed by atoms with Gasteiger partial charge >= 0.3 is 0 Å². The molecule has 0 unspecified atom stereocenters. The van der Waals surface area contributed by atoms with E-state index in [4.69, 9.17) is 4.74 Å². The predicted molar refractivity (Wildman–Crippen MR) is 82.9 cm³/mol. The summed E-state index contributed by atoms with van der Waals surface area (Å²) in [5.41, 5.74) is 2.44. The Morgan fingerprint density at radius 1 is 1.19 bits per heavy atom. The summed E-state index contributed by atoms with van der Waals surface area (Å²) in [6.45, 7) is 8.39. The maximum absolute atomic E-state index is 11.5. The minimum absolute atomic E-state index is 0.0363. The van der Waals surface area contributed by atoms with Crippen molar-refractivity contribution < 1.29 is 9.53 Å². The number of ether oxygens (including phenoxy) is 1. The summed E-state index contributed by atoms with van der Waals surface area (Å²) in [5.74, 6) is 0.0363. The molecule has 0 aromatic heterocycles. The summed E-state index contributed by atoms with van der Waals surface area (Å²) in [7, 11) is 0. The minimum atomic E-state index is 0.0363. The number of amides is 1. The van der Waals surface area contributed by atoms with Gasteiger partial charge in [-0.1, -0.05) is 31.2 Å². The number of carbonyl (C=O) groups is 1. The van der Waals surface area contributed by atoms with Gasteiger partial charge in [0.1, 0.15) is 0 Å². The Balaban J connectivity index is 1.74. The van der Waals surface area contributed by atoms with E-state index in [1.807, 2.05) is 6.92 Å². The molecule has 0 atom stereocenters. The van der Waals surface area contributed by atoms with E-state index in [2.05, 4.69) is 39.8 Å². The summed E-state index contributed by atoms with van der Waals surface area (Å²) in [6, 6.07) is 8.45. The van der Waals surface area contributed by atoms with Crippen LogP contribution in [0.15, 0.2) is 24.3 Å². The molecule has 5 nitrogen and oxygen atoms in total. The zero-order valence-electron chi connectivity index (χ0n) is 12.7. The van der Waals surface area contributed by atoms with E-state index in [9.17, 15) is 4.79 Å². The van der Waals surface area contributed by atoms with Gasteiger partial charge in [-0.15, -0.1) is 0 Å². The number of nitrogens with one attached hydrogen (secondary N) is 2. The second kappa shape index (κ2) is 8.77. The first kappa shape index (κ1) is 15.9. The average Bonchev–Trinajstić information content (AvgIpc) is 2.53. The zero-order chi connectivity index (χ0) is 14.9.